The Hall–Kier alpha value is -3.19. The van der Waals surface area contributed by atoms with Crippen LogP contribution in [-0.4, -0.2) is 4.98 Å². The van der Waals surface area contributed by atoms with Gasteiger partial charge in [-0.15, -0.1) is 0 Å². The van der Waals surface area contributed by atoms with Crippen LogP contribution in [0.25, 0.3) is 43.6 Å². The monoisotopic (exact) mass is 319 g/mol. The van der Waals surface area contributed by atoms with Crippen LogP contribution in [-0.2, 0) is 0 Å². The molecule has 1 heteroatoms. The van der Waals surface area contributed by atoms with Crippen molar-refractivity contribution in [1.29, 1.82) is 0 Å². The van der Waals surface area contributed by atoms with Gasteiger partial charge in [0.2, 0.25) is 0 Å². The van der Waals surface area contributed by atoms with Crippen molar-refractivity contribution in [1.82, 2.24) is 4.98 Å². The summed E-state index contributed by atoms with van der Waals surface area (Å²) in [5.41, 5.74) is 3.49. The third-order valence-electron chi connectivity index (χ3n) is 4.96. The van der Waals surface area contributed by atoms with E-state index in [1.54, 1.807) is 0 Å². The smallest absolute Gasteiger partial charge is 0.0780 e. The van der Waals surface area contributed by atoms with Crippen molar-refractivity contribution in [2.45, 2.75) is 6.92 Å². The van der Waals surface area contributed by atoms with E-state index < -0.39 is 0 Å². The minimum Gasteiger partial charge on any atom is -0.256 e. The van der Waals surface area contributed by atoms with Gasteiger partial charge in [-0.3, -0.25) is 4.98 Å². The van der Waals surface area contributed by atoms with Crippen LogP contribution in [0, 0.1) is 6.92 Å². The molecule has 0 amide bonds. The molecule has 5 aromatic rings. The summed E-state index contributed by atoms with van der Waals surface area (Å²) >= 11 is 0. The molecule has 0 saturated heterocycles. The maximum Gasteiger partial charge on any atom is 0.0780 e. The molecule has 118 valence electrons. The normalized spacial score (nSPS) is 11.4. The minimum atomic E-state index is 1.05. The number of pyridine rings is 1. The first kappa shape index (κ1) is 14.2. The van der Waals surface area contributed by atoms with E-state index in [9.17, 15) is 0 Å². The number of aromatic nitrogens is 1. The number of hydrogen-bond donors (Lipinski definition) is 0. The Labute approximate surface area is 146 Å². The average molecular weight is 319 g/mol. The summed E-state index contributed by atoms with van der Waals surface area (Å²) in [4.78, 5) is 4.66. The molecule has 0 aliphatic heterocycles. The van der Waals surface area contributed by atoms with Crippen molar-refractivity contribution in [2.24, 2.45) is 0 Å². The minimum absolute atomic E-state index is 1.05. The first-order valence-corrected chi connectivity index (χ1v) is 8.57. The first-order valence-electron chi connectivity index (χ1n) is 8.57. The van der Waals surface area contributed by atoms with Crippen LogP contribution in [0.5, 0.6) is 0 Å². The number of fused-ring (bicyclic) bond motifs is 5. The Morgan fingerprint density at radius 1 is 0.600 bits per heavy atom. The summed E-state index contributed by atoms with van der Waals surface area (Å²) in [6, 6.07) is 28.1. The van der Waals surface area contributed by atoms with Gasteiger partial charge in [-0.25, -0.2) is 0 Å². The highest BCUT2D eigenvalue weighted by Crippen LogP contribution is 2.34. The molecule has 5 rings (SSSR count). The standard InChI is InChI=1S/C24H17N/c1-16-7-8-17-9-10-19-20(23(17)15-16)11-12-22-21(19)13-14-25-24(22)18-5-3-2-4-6-18/h2-15H,1H3. The molecular weight excluding hydrogens is 302 g/mol. The Morgan fingerprint density at radius 2 is 1.28 bits per heavy atom. The molecule has 0 N–H and O–H groups in total. The van der Waals surface area contributed by atoms with E-state index >= 15 is 0 Å². The lowest BCUT2D eigenvalue weighted by Gasteiger charge is -2.11. The lowest BCUT2D eigenvalue weighted by Crippen LogP contribution is -1.87. The second-order valence-electron chi connectivity index (χ2n) is 6.57. The van der Waals surface area contributed by atoms with Crippen LogP contribution >= 0.6 is 0 Å². The van der Waals surface area contributed by atoms with Crippen molar-refractivity contribution in [2.75, 3.05) is 0 Å². The molecule has 1 aromatic heterocycles. The predicted molar refractivity (Wildman–Crippen MR) is 107 cm³/mol. The summed E-state index contributed by atoms with van der Waals surface area (Å²) in [6.07, 6.45) is 1.92. The molecule has 0 fully saturated rings. The van der Waals surface area contributed by atoms with Crippen LogP contribution in [0.2, 0.25) is 0 Å². The van der Waals surface area contributed by atoms with Crippen molar-refractivity contribution < 1.29 is 0 Å². The van der Waals surface area contributed by atoms with Crippen LogP contribution in [0.4, 0.5) is 0 Å². The molecule has 25 heavy (non-hydrogen) atoms. The number of aryl methyl sites for hydroxylation is 1. The molecule has 0 aliphatic carbocycles. The maximum absolute atomic E-state index is 4.66. The summed E-state index contributed by atoms with van der Waals surface area (Å²) in [7, 11) is 0. The van der Waals surface area contributed by atoms with Gasteiger partial charge in [-0.2, -0.15) is 0 Å². The zero-order chi connectivity index (χ0) is 16.8. The van der Waals surface area contributed by atoms with Gasteiger partial charge >= 0.3 is 0 Å². The van der Waals surface area contributed by atoms with Gasteiger partial charge in [0.15, 0.2) is 0 Å². The quantitative estimate of drug-likeness (QED) is 0.321. The third kappa shape index (κ3) is 2.20. The van der Waals surface area contributed by atoms with E-state index in [0.29, 0.717) is 0 Å². The molecule has 0 unspecified atom stereocenters. The van der Waals surface area contributed by atoms with Gasteiger partial charge in [0, 0.05) is 17.1 Å². The van der Waals surface area contributed by atoms with E-state index in [1.165, 1.54) is 37.9 Å². The zero-order valence-electron chi connectivity index (χ0n) is 14.0. The van der Waals surface area contributed by atoms with Gasteiger partial charge in [-0.1, -0.05) is 78.4 Å². The molecular formula is C24H17N. The van der Waals surface area contributed by atoms with Crippen molar-refractivity contribution in [3.05, 3.63) is 90.6 Å². The molecule has 1 nitrogen and oxygen atoms in total. The molecule has 1 heterocycles. The first-order chi connectivity index (χ1) is 12.3. The van der Waals surface area contributed by atoms with E-state index in [4.69, 9.17) is 0 Å². The largest absolute Gasteiger partial charge is 0.256 e. The van der Waals surface area contributed by atoms with Crippen molar-refractivity contribution >= 4 is 32.3 Å². The summed E-state index contributed by atoms with van der Waals surface area (Å²) in [6.45, 7) is 2.15. The molecule has 0 bridgehead atoms. The SMILES string of the molecule is Cc1ccc2ccc3c4ccnc(-c5ccccc5)c4ccc3c2c1. The molecule has 0 saturated carbocycles. The second-order valence-corrected chi connectivity index (χ2v) is 6.57. The van der Waals surface area contributed by atoms with Gasteiger partial charge in [-0.05, 0) is 39.9 Å². The lowest BCUT2D eigenvalue weighted by molar-refractivity contribution is 1.36. The lowest BCUT2D eigenvalue weighted by atomic mass is 9.95. The van der Waals surface area contributed by atoms with E-state index in [2.05, 4.69) is 84.7 Å². The third-order valence-corrected chi connectivity index (χ3v) is 4.96. The highest BCUT2D eigenvalue weighted by atomic mass is 14.7. The fourth-order valence-electron chi connectivity index (χ4n) is 3.74. The molecule has 0 aliphatic rings. The zero-order valence-corrected chi connectivity index (χ0v) is 14.0. The topological polar surface area (TPSA) is 12.9 Å². The fourth-order valence-corrected chi connectivity index (χ4v) is 3.74. The van der Waals surface area contributed by atoms with Crippen LogP contribution < -0.4 is 0 Å². The van der Waals surface area contributed by atoms with E-state index in [-0.39, 0.29) is 0 Å². The predicted octanol–water partition coefficient (Wildman–Crippen LogP) is 6.52. The maximum atomic E-state index is 4.66. The summed E-state index contributed by atoms with van der Waals surface area (Å²) < 4.78 is 0. The number of benzene rings is 4. The highest BCUT2D eigenvalue weighted by Gasteiger charge is 2.09. The van der Waals surface area contributed by atoms with Crippen LogP contribution in [0.3, 0.4) is 0 Å². The molecule has 4 aromatic carbocycles. The molecule has 0 spiro atoms. The Bertz CT molecular complexity index is 1240. The van der Waals surface area contributed by atoms with Crippen LogP contribution in [0.15, 0.2) is 85.1 Å². The molecule has 0 atom stereocenters. The number of nitrogens with zero attached hydrogens (tertiary/aromatic N) is 1. The Morgan fingerprint density at radius 3 is 2.16 bits per heavy atom. The van der Waals surface area contributed by atoms with Gasteiger partial charge in [0.1, 0.15) is 0 Å². The second kappa shape index (κ2) is 5.42. The van der Waals surface area contributed by atoms with Crippen LogP contribution in [0.1, 0.15) is 5.56 Å². The summed E-state index contributed by atoms with van der Waals surface area (Å²) in [5, 5.41) is 7.66. The number of hydrogen-bond acceptors (Lipinski definition) is 1. The summed E-state index contributed by atoms with van der Waals surface area (Å²) in [5.74, 6) is 0. The van der Waals surface area contributed by atoms with E-state index in [0.717, 1.165) is 11.3 Å². The Kier molecular flexibility index (Phi) is 3.07. The van der Waals surface area contributed by atoms with Gasteiger partial charge in [0.05, 0.1) is 5.69 Å². The Balaban J connectivity index is 1.90. The van der Waals surface area contributed by atoms with Gasteiger partial charge < -0.3 is 0 Å². The van der Waals surface area contributed by atoms with Crippen molar-refractivity contribution in [3.8, 4) is 11.3 Å². The fraction of sp³-hybridized carbons (Fsp3) is 0.0417. The highest BCUT2D eigenvalue weighted by molar-refractivity contribution is 6.18. The van der Waals surface area contributed by atoms with Gasteiger partial charge in [0.25, 0.3) is 0 Å². The molecule has 0 radical (unpaired) electrons. The van der Waals surface area contributed by atoms with Crippen molar-refractivity contribution in [3.63, 3.8) is 0 Å². The van der Waals surface area contributed by atoms with E-state index in [1.807, 2.05) is 12.3 Å². The average Bonchev–Trinajstić information content (AvgIpc) is 2.67. The number of rotatable bonds is 1.